The lowest BCUT2D eigenvalue weighted by molar-refractivity contribution is 0.585. The van der Waals surface area contributed by atoms with Gasteiger partial charge >= 0.3 is 0 Å². The molecule has 8 heteroatoms. The van der Waals surface area contributed by atoms with Gasteiger partial charge in [0.25, 0.3) is 5.56 Å². The summed E-state index contributed by atoms with van der Waals surface area (Å²) in [6.07, 6.45) is 4.55. The van der Waals surface area contributed by atoms with Crippen LogP contribution in [0.1, 0.15) is 35.6 Å². The number of rotatable bonds is 7. The monoisotopic (exact) mass is 416 g/mol. The number of benzene rings is 1. The van der Waals surface area contributed by atoms with Crippen molar-refractivity contribution in [1.29, 1.82) is 0 Å². The molecule has 29 heavy (non-hydrogen) atoms. The minimum atomic E-state index is -2.98. The standard InChI is InChI=1S/C21H28N4O3S/c1-15-4-6-16(7-5-15)18-13-19(18)22-8-2-3-17-14-23-21(26)20(24-17)25-9-11-29(27,28)12-10-25/h4-7,14,18-19,22H,2-3,8-13H2,1H3,(H,23,26)/t18-,19+/m0/s1. The van der Waals surface area contributed by atoms with E-state index in [-0.39, 0.29) is 17.1 Å². The Morgan fingerprint density at radius 2 is 1.93 bits per heavy atom. The fourth-order valence-corrected chi connectivity index (χ4v) is 5.06. The Kier molecular flexibility index (Phi) is 5.74. The summed E-state index contributed by atoms with van der Waals surface area (Å²) in [6.45, 7) is 3.66. The van der Waals surface area contributed by atoms with Gasteiger partial charge < -0.3 is 15.2 Å². The highest BCUT2D eigenvalue weighted by atomic mass is 32.2. The van der Waals surface area contributed by atoms with E-state index in [1.165, 1.54) is 17.5 Å². The average Bonchev–Trinajstić information content (AvgIpc) is 3.47. The van der Waals surface area contributed by atoms with Gasteiger partial charge in [0.1, 0.15) is 0 Å². The van der Waals surface area contributed by atoms with Crippen molar-refractivity contribution in [3.63, 3.8) is 0 Å². The van der Waals surface area contributed by atoms with Crippen LogP contribution in [-0.2, 0) is 16.3 Å². The van der Waals surface area contributed by atoms with Gasteiger partial charge in [-0.05, 0) is 38.3 Å². The molecule has 7 nitrogen and oxygen atoms in total. The van der Waals surface area contributed by atoms with E-state index in [1.54, 1.807) is 11.1 Å². The van der Waals surface area contributed by atoms with Crippen LogP contribution >= 0.6 is 0 Å². The predicted molar refractivity (Wildman–Crippen MR) is 114 cm³/mol. The second-order valence-electron chi connectivity index (χ2n) is 8.10. The fourth-order valence-electron chi connectivity index (χ4n) is 3.86. The van der Waals surface area contributed by atoms with E-state index in [1.807, 2.05) is 0 Å². The van der Waals surface area contributed by atoms with Gasteiger partial charge in [0.15, 0.2) is 15.7 Å². The van der Waals surface area contributed by atoms with Gasteiger partial charge in [-0.15, -0.1) is 0 Å². The van der Waals surface area contributed by atoms with Crippen molar-refractivity contribution in [2.45, 2.75) is 38.1 Å². The van der Waals surface area contributed by atoms with Crippen LogP contribution in [0.15, 0.2) is 35.3 Å². The highest BCUT2D eigenvalue weighted by molar-refractivity contribution is 7.91. The second kappa shape index (κ2) is 8.28. The Labute approximate surface area is 171 Å². The van der Waals surface area contributed by atoms with E-state index in [9.17, 15) is 13.2 Å². The smallest absolute Gasteiger partial charge is 0.290 e. The van der Waals surface area contributed by atoms with Crippen LogP contribution in [0.25, 0.3) is 0 Å². The number of aryl methyl sites for hydroxylation is 2. The molecule has 1 aliphatic heterocycles. The van der Waals surface area contributed by atoms with Crippen molar-refractivity contribution in [3.05, 3.63) is 57.6 Å². The third kappa shape index (κ3) is 5.05. The number of aromatic nitrogens is 2. The topological polar surface area (TPSA) is 95.2 Å². The first-order valence-corrected chi connectivity index (χ1v) is 12.1. The minimum Gasteiger partial charge on any atom is -0.350 e. The molecule has 2 aliphatic rings. The van der Waals surface area contributed by atoms with Crippen LogP contribution in [0.4, 0.5) is 5.82 Å². The number of nitrogens with one attached hydrogen (secondary N) is 2. The van der Waals surface area contributed by atoms with Crippen LogP contribution in [0.5, 0.6) is 0 Å². The van der Waals surface area contributed by atoms with Gasteiger partial charge in [0.2, 0.25) is 0 Å². The van der Waals surface area contributed by atoms with E-state index in [4.69, 9.17) is 0 Å². The lowest BCUT2D eigenvalue weighted by Crippen LogP contribution is -2.43. The number of hydrogen-bond donors (Lipinski definition) is 2. The van der Waals surface area contributed by atoms with E-state index in [0.29, 0.717) is 30.9 Å². The Balaban J connectivity index is 1.25. The van der Waals surface area contributed by atoms with Crippen LogP contribution in [0.2, 0.25) is 0 Å². The van der Waals surface area contributed by atoms with Crippen molar-refractivity contribution in [2.75, 3.05) is 36.0 Å². The summed E-state index contributed by atoms with van der Waals surface area (Å²) in [5.74, 6) is 1.10. The summed E-state index contributed by atoms with van der Waals surface area (Å²) in [5.41, 5.74) is 3.27. The summed E-state index contributed by atoms with van der Waals surface area (Å²) in [5, 5.41) is 3.61. The molecule has 2 N–H and O–H groups in total. The normalized spacial score (nSPS) is 23.1. The molecule has 2 aromatic rings. The third-order valence-corrected chi connectivity index (χ3v) is 7.39. The quantitative estimate of drug-likeness (QED) is 0.663. The van der Waals surface area contributed by atoms with Crippen LogP contribution in [0, 0.1) is 6.92 Å². The molecule has 0 spiro atoms. The molecule has 0 amide bonds. The minimum absolute atomic E-state index is 0.0752. The lowest BCUT2D eigenvalue weighted by atomic mass is 10.1. The van der Waals surface area contributed by atoms with Crippen LogP contribution in [-0.4, -0.2) is 55.6 Å². The first-order chi connectivity index (χ1) is 13.9. The fraction of sp³-hybridized carbons (Fsp3) is 0.524. The van der Waals surface area contributed by atoms with E-state index in [0.717, 1.165) is 25.1 Å². The van der Waals surface area contributed by atoms with E-state index < -0.39 is 9.84 Å². The number of aromatic amines is 1. The SMILES string of the molecule is Cc1ccc([C@@H]2C[C@H]2NCCCc2c[nH]c(=O)c(N3CCS(=O)(=O)CC3)n2)cc1. The predicted octanol–water partition coefficient (Wildman–Crippen LogP) is 1.39. The Morgan fingerprint density at radius 1 is 1.21 bits per heavy atom. The number of hydrogen-bond acceptors (Lipinski definition) is 6. The molecule has 1 aromatic carbocycles. The maximum absolute atomic E-state index is 12.1. The summed E-state index contributed by atoms with van der Waals surface area (Å²) < 4.78 is 23.2. The maximum Gasteiger partial charge on any atom is 0.290 e. The Hall–Kier alpha value is -2.19. The molecule has 2 heterocycles. The number of nitrogens with zero attached hydrogens (tertiary/aromatic N) is 2. The van der Waals surface area contributed by atoms with Crippen LogP contribution < -0.4 is 15.8 Å². The molecule has 1 saturated heterocycles. The molecular weight excluding hydrogens is 388 g/mol. The van der Waals surface area contributed by atoms with Crippen molar-refractivity contribution in [3.8, 4) is 0 Å². The molecule has 0 radical (unpaired) electrons. The summed E-state index contributed by atoms with van der Waals surface area (Å²) >= 11 is 0. The lowest BCUT2D eigenvalue weighted by Gasteiger charge is -2.27. The van der Waals surface area contributed by atoms with Crippen molar-refractivity contribution >= 4 is 15.7 Å². The molecule has 4 rings (SSSR count). The zero-order valence-electron chi connectivity index (χ0n) is 16.7. The molecule has 2 fully saturated rings. The molecule has 1 aromatic heterocycles. The highest BCUT2D eigenvalue weighted by Gasteiger charge is 2.37. The zero-order valence-corrected chi connectivity index (χ0v) is 17.5. The first-order valence-electron chi connectivity index (χ1n) is 10.3. The second-order valence-corrected chi connectivity index (χ2v) is 10.4. The molecular formula is C21H28N4O3S. The summed E-state index contributed by atoms with van der Waals surface area (Å²) in [6, 6.07) is 9.33. The number of H-pyrrole nitrogens is 1. The van der Waals surface area contributed by atoms with Gasteiger partial charge in [-0.25, -0.2) is 13.4 Å². The first kappa shape index (κ1) is 20.1. The third-order valence-electron chi connectivity index (χ3n) is 5.78. The van der Waals surface area contributed by atoms with Gasteiger partial charge in [0, 0.05) is 31.2 Å². The Bertz CT molecular complexity index is 1000. The summed E-state index contributed by atoms with van der Waals surface area (Å²) in [7, 11) is -2.98. The molecule has 0 bridgehead atoms. The van der Waals surface area contributed by atoms with Gasteiger partial charge in [0.05, 0.1) is 17.2 Å². The highest BCUT2D eigenvalue weighted by Crippen LogP contribution is 2.40. The molecule has 0 unspecified atom stereocenters. The number of anilines is 1. The van der Waals surface area contributed by atoms with E-state index in [2.05, 4.69) is 46.5 Å². The van der Waals surface area contributed by atoms with Crippen molar-refractivity contribution in [1.82, 2.24) is 15.3 Å². The number of sulfone groups is 1. The van der Waals surface area contributed by atoms with Gasteiger partial charge in [-0.3, -0.25) is 4.79 Å². The molecule has 2 atom stereocenters. The van der Waals surface area contributed by atoms with Crippen molar-refractivity contribution in [2.24, 2.45) is 0 Å². The maximum atomic E-state index is 12.1. The van der Waals surface area contributed by atoms with Crippen molar-refractivity contribution < 1.29 is 8.42 Å². The van der Waals surface area contributed by atoms with E-state index >= 15 is 0 Å². The largest absolute Gasteiger partial charge is 0.350 e. The average molecular weight is 417 g/mol. The molecule has 156 valence electrons. The molecule has 1 aliphatic carbocycles. The Morgan fingerprint density at radius 3 is 2.66 bits per heavy atom. The molecule has 1 saturated carbocycles. The van der Waals surface area contributed by atoms with Crippen LogP contribution in [0.3, 0.4) is 0 Å². The van der Waals surface area contributed by atoms with Gasteiger partial charge in [-0.2, -0.15) is 0 Å². The zero-order chi connectivity index (χ0) is 20.4. The van der Waals surface area contributed by atoms with Gasteiger partial charge in [-0.1, -0.05) is 29.8 Å². The summed E-state index contributed by atoms with van der Waals surface area (Å²) in [4.78, 5) is 21.2.